The molecule has 120 valence electrons. The lowest BCUT2D eigenvalue weighted by Gasteiger charge is -2.29. The van der Waals surface area contributed by atoms with Crippen LogP contribution in [0, 0.1) is 6.92 Å². The number of aromatic nitrogens is 1. The first kappa shape index (κ1) is 14.3. The molecule has 5 heteroatoms. The minimum atomic E-state index is -0.709. The number of H-pyrrole nitrogens is 1. The number of halogens is 1. The predicted octanol–water partition coefficient (Wildman–Crippen LogP) is 2.55. The summed E-state index contributed by atoms with van der Waals surface area (Å²) in [6.07, 6.45) is 0.969. The van der Waals surface area contributed by atoms with Crippen molar-refractivity contribution >= 4 is 38.4 Å². The highest BCUT2D eigenvalue weighted by atomic mass is 79.9. The highest BCUT2D eigenvalue weighted by molar-refractivity contribution is 9.10. The summed E-state index contributed by atoms with van der Waals surface area (Å²) in [7, 11) is 0. The molecule has 24 heavy (non-hydrogen) atoms. The molecule has 1 atom stereocenters. The van der Waals surface area contributed by atoms with Gasteiger partial charge in [-0.15, -0.1) is 0 Å². The van der Waals surface area contributed by atoms with Crippen molar-refractivity contribution in [3.05, 3.63) is 63.3 Å². The van der Waals surface area contributed by atoms with Crippen molar-refractivity contribution < 1.29 is 10.1 Å². The fraction of sp³-hybridized carbons (Fsp3) is 0.211. The number of fused-ring (bicyclic) bond motifs is 6. The maximum Gasteiger partial charge on any atom is 0.297 e. The molecule has 2 aliphatic heterocycles. The second-order valence-corrected chi connectivity index (χ2v) is 7.64. The quantitative estimate of drug-likeness (QED) is 0.549. The van der Waals surface area contributed by atoms with E-state index in [0.29, 0.717) is 0 Å². The number of hydrogen-bond donors (Lipinski definition) is 3. The van der Waals surface area contributed by atoms with E-state index in [4.69, 9.17) is 0 Å². The van der Waals surface area contributed by atoms with E-state index in [1.807, 2.05) is 12.1 Å². The standard InChI is InChI=1S/C19H16BrN3O/c1-10-2-4-15-13(8-10)12-6-7-21-19(17(12)22-15)14-9-11(20)3-5-16(14)23-18(19)24/h2-5,8-9,21-22H,6-7H2,1H3,(H,23,24)/p+1/t19-/m0/s1. The van der Waals surface area contributed by atoms with Gasteiger partial charge in [0.25, 0.3) is 5.91 Å². The molecular formula is C19H17BrN3O+. The number of carbonyl (C=O) groups excluding carboxylic acids is 1. The van der Waals surface area contributed by atoms with Crippen molar-refractivity contribution in [1.29, 1.82) is 0 Å². The maximum absolute atomic E-state index is 13.0. The fourth-order valence-corrected chi connectivity index (χ4v) is 4.60. The van der Waals surface area contributed by atoms with Gasteiger partial charge in [-0.3, -0.25) is 4.79 Å². The highest BCUT2D eigenvalue weighted by Gasteiger charge is 2.56. The van der Waals surface area contributed by atoms with Gasteiger partial charge in [0.1, 0.15) is 0 Å². The Labute approximate surface area is 147 Å². The molecule has 5 rings (SSSR count). The molecule has 1 amide bonds. The second kappa shape index (κ2) is 4.71. The first-order chi connectivity index (χ1) is 11.6. The van der Waals surface area contributed by atoms with E-state index in [1.54, 1.807) is 0 Å². The molecule has 0 fully saturated rings. The summed E-state index contributed by atoms with van der Waals surface area (Å²) >= 11 is 3.56. The van der Waals surface area contributed by atoms with E-state index < -0.39 is 5.54 Å². The summed E-state index contributed by atoms with van der Waals surface area (Å²) in [5, 5.41) is 6.49. The molecule has 4 N–H and O–H groups in total. The lowest BCUT2D eigenvalue weighted by atomic mass is 9.82. The number of benzene rings is 2. The van der Waals surface area contributed by atoms with Gasteiger partial charge >= 0.3 is 0 Å². The van der Waals surface area contributed by atoms with E-state index in [0.717, 1.165) is 39.9 Å². The number of nitrogens with one attached hydrogen (secondary N) is 2. The van der Waals surface area contributed by atoms with Gasteiger partial charge in [-0.25, -0.2) is 0 Å². The topological polar surface area (TPSA) is 61.5 Å². The van der Waals surface area contributed by atoms with Crippen LogP contribution in [0.3, 0.4) is 0 Å². The molecule has 2 aromatic carbocycles. The first-order valence-corrected chi connectivity index (χ1v) is 8.96. The smallest absolute Gasteiger partial charge is 0.297 e. The van der Waals surface area contributed by atoms with Gasteiger partial charge in [-0.05, 0) is 42.8 Å². The Balaban J connectivity index is 1.86. The second-order valence-electron chi connectivity index (χ2n) is 6.72. The Kier molecular flexibility index (Phi) is 2.80. The number of rotatable bonds is 0. The van der Waals surface area contributed by atoms with Crippen LogP contribution >= 0.6 is 15.9 Å². The summed E-state index contributed by atoms with van der Waals surface area (Å²) in [6, 6.07) is 12.5. The highest BCUT2D eigenvalue weighted by Crippen LogP contribution is 2.43. The van der Waals surface area contributed by atoms with Crippen LogP contribution in [0.1, 0.15) is 22.4 Å². The summed E-state index contributed by atoms with van der Waals surface area (Å²) in [6.45, 7) is 3.01. The van der Waals surface area contributed by atoms with Crippen molar-refractivity contribution in [1.82, 2.24) is 4.98 Å². The van der Waals surface area contributed by atoms with Crippen LogP contribution in [0.15, 0.2) is 40.9 Å². The number of nitrogens with two attached hydrogens (primary N) is 1. The third-order valence-corrected chi connectivity index (χ3v) is 5.81. The summed E-state index contributed by atoms with van der Waals surface area (Å²) < 4.78 is 0.990. The van der Waals surface area contributed by atoms with Crippen LogP contribution in [-0.2, 0) is 16.8 Å². The Morgan fingerprint density at radius 1 is 1.21 bits per heavy atom. The van der Waals surface area contributed by atoms with Gasteiger partial charge < -0.3 is 15.6 Å². The molecule has 3 heterocycles. The van der Waals surface area contributed by atoms with Crippen LogP contribution in [0.4, 0.5) is 5.69 Å². The van der Waals surface area contributed by atoms with E-state index in [2.05, 4.69) is 62.7 Å². The van der Waals surface area contributed by atoms with Crippen molar-refractivity contribution in [2.45, 2.75) is 18.9 Å². The number of quaternary nitrogens is 1. The van der Waals surface area contributed by atoms with Crippen LogP contribution in [0.5, 0.6) is 0 Å². The molecule has 1 aromatic heterocycles. The van der Waals surface area contributed by atoms with Crippen molar-refractivity contribution in [2.24, 2.45) is 0 Å². The van der Waals surface area contributed by atoms with Crippen molar-refractivity contribution in [2.75, 3.05) is 11.9 Å². The summed E-state index contributed by atoms with van der Waals surface area (Å²) in [5.74, 6) is 0.0415. The Bertz CT molecular complexity index is 1020. The zero-order valence-corrected chi connectivity index (χ0v) is 14.8. The number of aryl methyl sites for hydroxylation is 1. The van der Waals surface area contributed by atoms with Gasteiger partial charge in [0.2, 0.25) is 5.54 Å². The summed E-state index contributed by atoms with van der Waals surface area (Å²) in [5.41, 5.74) is 5.89. The summed E-state index contributed by atoms with van der Waals surface area (Å²) in [4.78, 5) is 16.6. The lowest BCUT2D eigenvalue weighted by molar-refractivity contribution is -0.713. The average molecular weight is 383 g/mol. The van der Waals surface area contributed by atoms with Crippen LogP contribution in [0.25, 0.3) is 10.9 Å². The predicted molar refractivity (Wildman–Crippen MR) is 97.1 cm³/mol. The van der Waals surface area contributed by atoms with E-state index in [9.17, 15) is 4.79 Å². The van der Waals surface area contributed by atoms with Crippen molar-refractivity contribution in [3.8, 4) is 0 Å². The normalized spacial score (nSPS) is 21.8. The Hall–Kier alpha value is -2.11. The lowest BCUT2D eigenvalue weighted by Crippen LogP contribution is -2.98. The van der Waals surface area contributed by atoms with Gasteiger partial charge in [-0.1, -0.05) is 27.6 Å². The third-order valence-electron chi connectivity index (χ3n) is 5.31. The molecule has 0 saturated carbocycles. The average Bonchev–Trinajstić information content (AvgIpc) is 3.06. The molecular weight excluding hydrogens is 366 g/mol. The van der Waals surface area contributed by atoms with Gasteiger partial charge in [0.05, 0.1) is 23.5 Å². The zero-order chi connectivity index (χ0) is 16.5. The molecule has 0 bridgehead atoms. The number of anilines is 1. The minimum Gasteiger partial charge on any atom is -0.352 e. The van der Waals surface area contributed by atoms with E-state index >= 15 is 0 Å². The number of aromatic amines is 1. The molecule has 4 nitrogen and oxygen atoms in total. The van der Waals surface area contributed by atoms with Gasteiger partial charge in [-0.2, -0.15) is 0 Å². The van der Waals surface area contributed by atoms with Gasteiger partial charge in [0.15, 0.2) is 0 Å². The number of hydrogen-bond acceptors (Lipinski definition) is 1. The zero-order valence-electron chi connectivity index (χ0n) is 13.2. The van der Waals surface area contributed by atoms with Crippen LogP contribution in [0.2, 0.25) is 0 Å². The molecule has 3 aromatic rings. The van der Waals surface area contributed by atoms with Gasteiger partial charge in [0, 0.05) is 21.8 Å². The maximum atomic E-state index is 13.0. The Morgan fingerprint density at radius 3 is 2.96 bits per heavy atom. The minimum absolute atomic E-state index is 0.0415. The largest absolute Gasteiger partial charge is 0.352 e. The molecule has 0 aliphatic carbocycles. The molecule has 0 radical (unpaired) electrons. The molecule has 2 aliphatic rings. The fourth-order valence-electron chi connectivity index (χ4n) is 4.24. The molecule has 0 saturated heterocycles. The third kappa shape index (κ3) is 1.69. The Morgan fingerprint density at radius 2 is 2.08 bits per heavy atom. The van der Waals surface area contributed by atoms with E-state index in [-0.39, 0.29) is 5.91 Å². The van der Waals surface area contributed by atoms with Crippen LogP contribution < -0.4 is 10.6 Å². The van der Waals surface area contributed by atoms with E-state index in [1.165, 1.54) is 16.5 Å². The first-order valence-electron chi connectivity index (χ1n) is 8.17. The number of amides is 1. The number of carbonyl (C=O) groups is 1. The molecule has 0 unspecified atom stereocenters. The monoisotopic (exact) mass is 382 g/mol. The van der Waals surface area contributed by atoms with Crippen molar-refractivity contribution in [3.63, 3.8) is 0 Å². The SMILES string of the molecule is Cc1ccc2[nH]c3c(c2c1)CC[NH2+][C@]31C(=O)Nc2ccc(Br)cc21. The molecule has 1 spiro atoms. The van der Waals surface area contributed by atoms with Crippen LogP contribution in [-0.4, -0.2) is 17.4 Å².